The number of carbonyl (C=O) groups is 2. The van der Waals surface area contributed by atoms with Crippen molar-refractivity contribution in [1.29, 1.82) is 0 Å². The number of amides is 2. The van der Waals surface area contributed by atoms with Gasteiger partial charge in [0.25, 0.3) is 0 Å². The van der Waals surface area contributed by atoms with Crippen molar-refractivity contribution in [3.05, 3.63) is 29.6 Å². The second-order valence-corrected chi connectivity index (χ2v) is 5.85. The Morgan fingerprint density at radius 1 is 1.52 bits per heavy atom. The molecule has 2 amide bonds. The maximum atomic E-state index is 12.2. The van der Waals surface area contributed by atoms with Gasteiger partial charge in [-0.25, -0.2) is 4.79 Å². The standard InChI is InChI=1S/C15H21N3O3/c1-11-8-16-6-4-12(11)9-17-14(21)18-7-3-5-15(2,10-18)13(19)20/h4,6,8H,3,5,7,9-10H2,1-2H3,(H,17,21)(H,19,20). The van der Waals surface area contributed by atoms with Gasteiger partial charge in [0, 0.05) is 32.0 Å². The maximum absolute atomic E-state index is 12.2. The normalized spacial score (nSPS) is 21.9. The monoisotopic (exact) mass is 291 g/mol. The van der Waals surface area contributed by atoms with Crippen LogP contribution in [-0.4, -0.2) is 40.1 Å². The van der Waals surface area contributed by atoms with Crippen LogP contribution in [0.15, 0.2) is 18.5 Å². The van der Waals surface area contributed by atoms with Gasteiger partial charge < -0.3 is 15.3 Å². The first kappa shape index (κ1) is 15.3. The third-order valence-corrected chi connectivity index (χ3v) is 4.07. The molecule has 1 saturated heterocycles. The summed E-state index contributed by atoms with van der Waals surface area (Å²) in [5.74, 6) is -0.843. The zero-order chi connectivity index (χ0) is 15.5. The molecule has 0 bridgehead atoms. The van der Waals surface area contributed by atoms with E-state index in [1.54, 1.807) is 24.2 Å². The van der Waals surface area contributed by atoms with Gasteiger partial charge in [0.2, 0.25) is 0 Å². The number of pyridine rings is 1. The highest BCUT2D eigenvalue weighted by atomic mass is 16.4. The largest absolute Gasteiger partial charge is 0.481 e. The van der Waals surface area contributed by atoms with Crippen LogP contribution in [0.3, 0.4) is 0 Å². The van der Waals surface area contributed by atoms with Crippen molar-refractivity contribution < 1.29 is 14.7 Å². The average Bonchev–Trinajstić information content (AvgIpc) is 2.46. The van der Waals surface area contributed by atoms with Crippen LogP contribution in [0.2, 0.25) is 0 Å². The third kappa shape index (κ3) is 3.51. The van der Waals surface area contributed by atoms with E-state index < -0.39 is 11.4 Å². The molecule has 2 rings (SSSR count). The first-order valence-corrected chi connectivity index (χ1v) is 7.08. The molecule has 1 aromatic rings. The molecule has 6 nitrogen and oxygen atoms in total. The molecule has 0 aromatic carbocycles. The molecular formula is C15H21N3O3. The zero-order valence-electron chi connectivity index (χ0n) is 12.4. The van der Waals surface area contributed by atoms with Crippen molar-refractivity contribution in [2.45, 2.75) is 33.2 Å². The maximum Gasteiger partial charge on any atom is 0.317 e. The third-order valence-electron chi connectivity index (χ3n) is 4.07. The van der Waals surface area contributed by atoms with E-state index in [1.807, 2.05) is 13.0 Å². The number of rotatable bonds is 3. The minimum Gasteiger partial charge on any atom is -0.481 e. The summed E-state index contributed by atoms with van der Waals surface area (Å²) in [7, 11) is 0. The molecule has 21 heavy (non-hydrogen) atoms. The van der Waals surface area contributed by atoms with E-state index in [4.69, 9.17) is 0 Å². The van der Waals surface area contributed by atoms with Gasteiger partial charge in [-0.3, -0.25) is 9.78 Å². The average molecular weight is 291 g/mol. The lowest BCUT2D eigenvalue weighted by Gasteiger charge is -2.37. The number of nitrogens with zero attached hydrogens (tertiary/aromatic N) is 2. The summed E-state index contributed by atoms with van der Waals surface area (Å²) in [5, 5.41) is 12.1. The van der Waals surface area contributed by atoms with Crippen molar-refractivity contribution in [3.8, 4) is 0 Å². The summed E-state index contributed by atoms with van der Waals surface area (Å²) in [4.78, 5) is 29.1. The SMILES string of the molecule is Cc1cnccc1CNC(=O)N1CCCC(C)(C(=O)O)C1. The Morgan fingerprint density at radius 2 is 2.29 bits per heavy atom. The smallest absolute Gasteiger partial charge is 0.317 e. The van der Waals surface area contributed by atoms with Crippen LogP contribution in [0.1, 0.15) is 30.9 Å². The molecule has 1 atom stereocenters. The van der Waals surface area contributed by atoms with Crippen LogP contribution in [0.5, 0.6) is 0 Å². The van der Waals surface area contributed by atoms with Gasteiger partial charge in [0.1, 0.15) is 0 Å². The number of nitrogens with one attached hydrogen (secondary N) is 1. The predicted molar refractivity (Wildman–Crippen MR) is 77.8 cm³/mol. The first-order chi connectivity index (χ1) is 9.92. The molecule has 0 spiro atoms. The van der Waals surface area contributed by atoms with Crippen LogP contribution in [-0.2, 0) is 11.3 Å². The zero-order valence-corrected chi connectivity index (χ0v) is 12.4. The summed E-state index contributed by atoms with van der Waals surface area (Å²) >= 11 is 0. The Kier molecular flexibility index (Phi) is 4.45. The number of urea groups is 1. The fraction of sp³-hybridized carbons (Fsp3) is 0.533. The number of carboxylic acid groups (broad SMARTS) is 1. The lowest BCUT2D eigenvalue weighted by atomic mass is 9.82. The van der Waals surface area contributed by atoms with E-state index >= 15 is 0 Å². The molecule has 1 unspecified atom stereocenters. The summed E-state index contributed by atoms with van der Waals surface area (Å²) < 4.78 is 0. The highest BCUT2D eigenvalue weighted by molar-refractivity contribution is 5.78. The number of aryl methyl sites for hydroxylation is 1. The fourth-order valence-electron chi connectivity index (χ4n) is 2.57. The second-order valence-electron chi connectivity index (χ2n) is 5.85. The number of piperidine rings is 1. The van der Waals surface area contributed by atoms with E-state index in [2.05, 4.69) is 10.3 Å². The van der Waals surface area contributed by atoms with E-state index in [-0.39, 0.29) is 12.6 Å². The number of carbonyl (C=O) groups excluding carboxylic acids is 1. The van der Waals surface area contributed by atoms with E-state index in [0.717, 1.165) is 11.1 Å². The topological polar surface area (TPSA) is 82.5 Å². The summed E-state index contributed by atoms with van der Waals surface area (Å²) in [6.07, 6.45) is 4.76. The minimum absolute atomic E-state index is 0.210. The van der Waals surface area contributed by atoms with Crippen molar-refractivity contribution in [2.75, 3.05) is 13.1 Å². The number of carboxylic acids is 1. The molecule has 1 aliphatic heterocycles. The van der Waals surface area contributed by atoms with Crippen LogP contribution in [0.4, 0.5) is 4.79 Å². The Morgan fingerprint density at radius 3 is 2.95 bits per heavy atom. The van der Waals surface area contributed by atoms with Crippen LogP contribution >= 0.6 is 0 Å². The molecule has 1 aromatic heterocycles. The van der Waals surface area contributed by atoms with Gasteiger partial charge in [-0.05, 0) is 43.9 Å². The van der Waals surface area contributed by atoms with Gasteiger partial charge in [-0.15, -0.1) is 0 Å². The number of likely N-dealkylation sites (tertiary alicyclic amines) is 1. The molecular weight excluding hydrogens is 270 g/mol. The van der Waals surface area contributed by atoms with Gasteiger partial charge in [0.15, 0.2) is 0 Å². The number of aromatic nitrogens is 1. The summed E-state index contributed by atoms with van der Waals surface area (Å²) in [6.45, 7) is 4.92. The Hall–Kier alpha value is -2.11. The lowest BCUT2D eigenvalue weighted by Crippen LogP contribution is -2.51. The van der Waals surface area contributed by atoms with Gasteiger partial charge in [-0.1, -0.05) is 0 Å². The molecule has 0 aliphatic carbocycles. The van der Waals surface area contributed by atoms with Crippen molar-refractivity contribution in [1.82, 2.24) is 15.2 Å². The van der Waals surface area contributed by atoms with Crippen LogP contribution in [0.25, 0.3) is 0 Å². The van der Waals surface area contributed by atoms with Crippen molar-refractivity contribution >= 4 is 12.0 Å². The molecule has 0 radical (unpaired) electrons. The number of aliphatic carboxylic acids is 1. The van der Waals surface area contributed by atoms with Crippen molar-refractivity contribution in [3.63, 3.8) is 0 Å². The van der Waals surface area contributed by atoms with Gasteiger partial charge in [0.05, 0.1) is 5.41 Å². The number of hydrogen-bond acceptors (Lipinski definition) is 3. The van der Waals surface area contributed by atoms with E-state index in [1.165, 1.54) is 0 Å². The summed E-state index contributed by atoms with van der Waals surface area (Å²) in [5.41, 5.74) is 1.19. The molecule has 2 heterocycles. The minimum atomic E-state index is -0.845. The van der Waals surface area contributed by atoms with E-state index in [0.29, 0.717) is 25.9 Å². The molecule has 2 N–H and O–H groups in total. The fourth-order valence-corrected chi connectivity index (χ4v) is 2.57. The van der Waals surface area contributed by atoms with Crippen molar-refractivity contribution in [2.24, 2.45) is 5.41 Å². The molecule has 6 heteroatoms. The molecule has 1 aliphatic rings. The highest BCUT2D eigenvalue weighted by Gasteiger charge is 2.39. The first-order valence-electron chi connectivity index (χ1n) is 7.08. The van der Waals surface area contributed by atoms with E-state index in [9.17, 15) is 14.7 Å². The van der Waals surface area contributed by atoms with Gasteiger partial charge in [-0.2, -0.15) is 0 Å². The summed E-state index contributed by atoms with van der Waals surface area (Å²) in [6, 6.07) is 1.66. The molecule has 114 valence electrons. The highest BCUT2D eigenvalue weighted by Crippen LogP contribution is 2.29. The second kappa shape index (κ2) is 6.11. The number of hydrogen-bond donors (Lipinski definition) is 2. The predicted octanol–water partition coefficient (Wildman–Crippen LogP) is 1.79. The van der Waals surface area contributed by atoms with Crippen LogP contribution < -0.4 is 5.32 Å². The Balaban J connectivity index is 1.94. The van der Waals surface area contributed by atoms with Crippen LogP contribution in [0, 0.1) is 12.3 Å². The Bertz CT molecular complexity index is 547. The molecule has 0 saturated carbocycles. The molecule has 1 fully saturated rings. The quantitative estimate of drug-likeness (QED) is 0.889. The Labute approximate surface area is 124 Å². The lowest BCUT2D eigenvalue weighted by molar-refractivity contribution is -0.150. The van der Waals surface area contributed by atoms with Gasteiger partial charge >= 0.3 is 12.0 Å².